The van der Waals surface area contributed by atoms with Crippen molar-refractivity contribution in [3.05, 3.63) is 102 Å². The molecule has 15 heteroatoms. The number of piperidine rings is 1. The Hall–Kier alpha value is -6.61. The van der Waals surface area contributed by atoms with Gasteiger partial charge < -0.3 is 34.6 Å². The SMILES string of the molecule is C=CC(=O)Nc1cc(Nc2nccc(-c3cn(C)c4ccccc34)n2)c(OC)cc1N(C)CCN(C)Cc1ccc2c(c1F)CN(C1CCC(=O)NC1=O)C2=O. The lowest BCUT2D eigenvalue weighted by Crippen LogP contribution is -2.52. The number of aryl methyl sites for hydroxylation is 1. The number of likely N-dealkylation sites (N-methyl/N-ethyl adjacent to an activating group) is 2. The molecule has 4 amide bonds. The van der Waals surface area contributed by atoms with Gasteiger partial charge in [0.2, 0.25) is 23.7 Å². The lowest BCUT2D eigenvalue weighted by atomic mass is 10.0. The third kappa shape index (κ3) is 7.40. The number of rotatable bonds is 13. The highest BCUT2D eigenvalue weighted by Gasteiger charge is 2.40. The first kappa shape index (κ1) is 37.7. The summed E-state index contributed by atoms with van der Waals surface area (Å²) in [5, 5.41) is 9.50. The summed E-state index contributed by atoms with van der Waals surface area (Å²) in [4.78, 5) is 64.3. The normalized spacial score (nSPS) is 15.2. The number of ether oxygens (including phenoxy) is 1. The number of aromatic nitrogens is 3. The van der Waals surface area contributed by atoms with E-state index in [0.717, 1.165) is 22.2 Å². The maximum Gasteiger partial charge on any atom is 0.255 e. The number of fused-ring (bicyclic) bond motifs is 2. The molecule has 2 aliphatic heterocycles. The van der Waals surface area contributed by atoms with E-state index in [4.69, 9.17) is 9.72 Å². The molecule has 0 aliphatic carbocycles. The van der Waals surface area contributed by atoms with Crippen LogP contribution in [0.1, 0.15) is 34.3 Å². The third-order valence-electron chi connectivity index (χ3n) is 10.2. The minimum atomic E-state index is -0.821. The number of nitrogens with zero attached hydrogens (tertiary/aromatic N) is 6. The van der Waals surface area contributed by atoms with Crippen LogP contribution >= 0.6 is 0 Å². The van der Waals surface area contributed by atoms with E-state index in [9.17, 15) is 19.2 Å². The van der Waals surface area contributed by atoms with E-state index in [1.165, 1.54) is 11.0 Å². The number of halogens is 1. The summed E-state index contributed by atoms with van der Waals surface area (Å²) < 4.78 is 23.7. The van der Waals surface area contributed by atoms with Gasteiger partial charge in [-0.25, -0.2) is 14.4 Å². The van der Waals surface area contributed by atoms with Gasteiger partial charge in [-0.15, -0.1) is 0 Å². The molecule has 1 saturated heterocycles. The monoisotopic (exact) mass is 759 g/mol. The number of hydrogen-bond donors (Lipinski definition) is 3. The Labute approximate surface area is 322 Å². The molecule has 4 heterocycles. The Kier molecular flexibility index (Phi) is 10.5. The number of carbonyl (C=O) groups is 4. The molecule has 14 nitrogen and oxygen atoms in total. The standard InChI is InChI=1S/C41H42FN9O5/c1-6-36(52)44-30-19-31(46-41-43-16-15-29(45-41)27-22-50(4)32-10-8-7-9-25(27)32)35(56-5)20-34(30)49(3)18-17-48(2)21-24-11-12-26-28(38(24)42)23-51(40(26)55)33-13-14-37(53)47-39(33)54/h6-12,15-16,19-20,22,33H,1,13-14,17-18,21,23H2,2-5H3,(H,44,52)(H,43,45,46)(H,47,53,54). The summed E-state index contributed by atoms with van der Waals surface area (Å²) in [5.41, 5.74) is 5.35. The predicted octanol–water partition coefficient (Wildman–Crippen LogP) is 4.98. The summed E-state index contributed by atoms with van der Waals surface area (Å²) in [6.07, 6.45) is 5.23. The van der Waals surface area contributed by atoms with Gasteiger partial charge in [0.25, 0.3) is 5.91 Å². The van der Waals surface area contributed by atoms with Crippen molar-refractivity contribution in [3.8, 4) is 17.0 Å². The molecule has 288 valence electrons. The Morgan fingerprint density at radius 3 is 2.66 bits per heavy atom. The average Bonchev–Trinajstić information content (AvgIpc) is 3.71. The Morgan fingerprint density at radius 1 is 1.09 bits per heavy atom. The van der Waals surface area contributed by atoms with Crippen LogP contribution in [-0.2, 0) is 34.5 Å². The van der Waals surface area contributed by atoms with E-state index in [1.807, 2.05) is 55.3 Å². The maximum absolute atomic E-state index is 15.9. The first-order valence-electron chi connectivity index (χ1n) is 18.1. The molecule has 7 rings (SSSR count). The van der Waals surface area contributed by atoms with Gasteiger partial charge >= 0.3 is 0 Å². The molecule has 3 aromatic carbocycles. The van der Waals surface area contributed by atoms with Crippen LogP contribution in [0.5, 0.6) is 5.75 Å². The van der Waals surface area contributed by atoms with Crippen molar-refractivity contribution in [2.75, 3.05) is 49.8 Å². The highest BCUT2D eigenvalue weighted by Crippen LogP contribution is 2.39. The second-order valence-electron chi connectivity index (χ2n) is 13.9. The molecule has 1 atom stereocenters. The van der Waals surface area contributed by atoms with E-state index in [2.05, 4.69) is 44.2 Å². The van der Waals surface area contributed by atoms with Crippen LogP contribution in [0, 0.1) is 5.82 Å². The van der Waals surface area contributed by atoms with Crippen LogP contribution in [0.3, 0.4) is 0 Å². The first-order valence-corrected chi connectivity index (χ1v) is 18.1. The van der Waals surface area contributed by atoms with Gasteiger partial charge in [-0.05, 0) is 43.8 Å². The number of para-hydroxylation sites is 1. The molecular weight excluding hydrogens is 718 g/mol. The number of amides is 4. The predicted molar refractivity (Wildman–Crippen MR) is 211 cm³/mol. The van der Waals surface area contributed by atoms with Crippen LogP contribution in [-0.4, -0.2) is 88.3 Å². The zero-order valence-corrected chi connectivity index (χ0v) is 31.6. The fourth-order valence-electron chi connectivity index (χ4n) is 7.26. The van der Waals surface area contributed by atoms with Crippen molar-refractivity contribution in [2.45, 2.75) is 32.0 Å². The number of hydrogen-bond acceptors (Lipinski definition) is 10. The molecule has 0 saturated carbocycles. The van der Waals surface area contributed by atoms with Gasteiger partial charge in [0.1, 0.15) is 17.6 Å². The molecule has 56 heavy (non-hydrogen) atoms. The number of benzene rings is 3. The molecule has 2 aromatic heterocycles. The van der Waals surface area contributed by atoms with E-state index in [0.29, 0.717) is 47.4 Å². The van der Waals surface area contributed by atoms with Crippen LogP contribution in [0.25, 0.3) is 22.2 Å². The van der Waals surface area contributed by atoms with Crippen molar-refractivity contribution in [3.63, 3.8) is 0 Å². The summed E-state index contributed by atoms with van der Waals surface area (Å²) in [6.45, 7) is 4.80. The molecule has 0 spiro atoms. The molecule has 0 bridgehead atoms. The highest BCUT2D eigenvalue weighted by atomic mass is 19.1. The number of nitrogens with one attached hydrogen (secondary N) is 3. The minimum absolute atomic E-state index is 0.0414. The lowest BCUT2D eigenvalue weighted by Gasteiger charge is -2.29. The van der Waals surface area contributed by atoms with E-state index < -0.39 is 29.6 Å². The largest absolute Gasteiger partial charge is 0.494 e. The third-order valence-corrected chi connectivity index (χ3v) is 10.2. The Morgan fingerprint density at radius 2 is 1.89 bits per heavy atom. The lowest BCUT2D eigenvalue weighted by molar-refractivity contribution is -0.137. The second kappa shape index (κ2) is 15.6. The Balaban J connectivity index is 1.06. The van der Waals surface area contributed by atoms with Crippen molar-refractivity contribution >= 4 is 57.5 Å². The summed E-state index contributed by atoms with van der Waals surface area (Å²) >= 11 is 0. The zero-order valence-electron chi connectivity index (χ0n) is 31.6. The number of methoxy groups -OCH3 is 1. The molecule has 5 aromatic rings. The van der Waals surface area contributed by atoms with Gasteiger partial charge in [-0.2, -0.15) is 0 Å². The van der Waals surface area contributed by atoms with E-state index in [-0.39, 0.29) is 43.0 Å². The molecular formula is C41H42FN9O5. The number of imide groups is 1. The second-order valence-corrected chi connectivity index (χ2v) is 13.9. The zero-order chi connectivity index (χ0) is 39.7. The molecule has 3 N–H and O–H groups in total. The highest BCUT2D eigenvalue weighted by molar-refractivity contribution is 6.05. The quantitative estimate of drug-likeness (QED) is 0.111. The average molecular weight is 760 g/mol. The van der Waals surface area contributed by atoms with Gasteiger partial charge in [-0.1, -0.05) is 30.8 Å². The van der Waals surface area contributed by atoms with Gasteiger partial charge in [-0.3, -0.25) is 24.5 Å². The Bertz CT molecular complexity index is 2390. The van der Waals surface area contributed by atoms with Crippen LogP contribution in [0.2, 0.25) is 0 Å². The molecule has 0 radical (unpaired) electrons. The summed E-state index contributed by atoms with van der Waals surface area (Å²) in [7, 11) is 7.28. The van der Waals surface area contributed by atoms with Gasteiger partial charge in [0.15, 0.2) is 0 Å². The maximum atomic E-state index is 15.9. The van der Waals surface area contributed by atoms with Crippen molar-refractivity contribution in [1.29, 1.82) is 0 Å². The fraction of sp³-hybridized carbons (Fsp3) is 0.268. The summed E-state index contributed by atoms with van der Waals surface area (Å²) in [6, 6.07) is 15.9. The first-order chi connectivity index (χ1) is 26.9. The van der Waals surface area contributed by atoms with Crippen molar-refractivity contribution < 1.29 is 28.3 Å². The fourth-order valence-corrected chi connectivity index (χ4v) is 7.26. The number of anilines is 4. The van der Waals surface area contributed by atoms with Gasteiger partial charge in [0.05, 0.1) is 36.4 Å². The van der Waals surface area contributed by atoms with Crippen molar-refractivity contribution in [1.82, 2.24) is 29.7 Å². The molecule has 1 unspecified atom stereocenters. The summed E-state index contributed by atoms with van der Waals surface area (Å²) in [5.74, 6) is -1.41. The minimum Gasteiger partial charge on any atom is -0.494 e. The number of carbonyl (C=O) groups excluding carboxylic acids is 4. The van der Waals surface area contributed by atoms with E-state index >= 15 is 4.39 Å². The smallest absolute Gasteiger partial charge is 0.255 e. The van der Waals surface area contributed by atoms with Crippen LogP contribution < -0.4 is 25.6 Å². The molecule has 2 aliphatic rings. The van der Waals surface area contributed by atoms with Crippen LogP contribution in [0.4, 0.5) is 27.4 Å². The molecule has 1 fully saturated rings. The van der Waals surface area contributed by atoms with Gasteiger partial charge in [0, 0.05) is 91.8 Å². The van der Waals surface area contributed by atoms with Crippen molar-refractivity contribution in [2.24, 2.45) is 7.05 Å². The van der Waals surface area contributed by atoms with E-state index in [1.54, 1.807) is 37.6 Å². The topological polar surface area (TPSA) is 154 Å². The van der Waals surface area contributed by atoms with Crippen LogP contribution in [0.15, 0.2) is 79.6 Å².